The molecule has 0 saturated heterocycles. The molecule has 0 spiro atoms. The lowest BCUT2D eigenvalue weighted by atomic mass is 10.3. The molecule has 56 valence electrons. The van der Waals surface area contributed by atoms with Crippen molar-refractivity contribution in [1.29, 1.82) is 5.41 Å². The van der Waals surface area contributed by atoms with Crippen LogP contribution in [0.1, 0.15) is 6.92 Å². The first kappa shape index (κ1) is 8.95. The first-order valence-electron chi connectivity index (χ1n) is 3.13. The fourth-order valence-corrected chi connectivity index (χ4v) is 0.370. The lowest BCUT2D eigenvalue weighted by molar-refractivity contribution is 0.532. The third kappa shape index (κ3) is 3.89. The van der Waals surface area contributed by atoms with Crippen LogP contribution in [0.5, 0.6) is 0 Å². The summed E-state index contributed by atoms with van der Waals surface area (Å²) in [7, 11) is 3.85. The third-order valence-electron chi connectivity index (χ3n) is 1.10. The van der Waals surface area contributed by atoms with Gasteiger partial charge in [-0.1, -0.05) is 6.58 Å². The molecule has 0 aromatic rings. The standard InChI is InChI=1S/C8H14N2/c1-7(9)5-6-8(2)10(3)4/h5-6,9H,2H2,1,3-4H3/b6-5-,9-7?. The second-order valence-corrected chi connectivity index (χ2v) is 2.40. The van der Waals surface area contributed by atoms with Crippen LogP contribution in [0.2, 0.25) is 0 Å². The van der Waals surface area contributed by atoms with Crippen molar-refractivity contribution in [3.8, 4) is 0 Å². The molecule has 0 rings (SSSR count). The molecule has 0 aromatic heterocycles. The van der Waals surface area contributed by atoms with Crippen LogP contribution in [0.15, 0.2) is 24.4 Å². The normalized spacial score (nSPS) is 9.90. The maximum absolute atomic E-state index is 7.08. The van der Waals surface area contributed by atoms with Crippen molar-refractivity contribution in [2.45, 2.75) is 6.92 Å². The number of rotatable bonds is 3. The van der Waals surface area contributed by atoms with Crippen molar-refractivity contribution in [1.82, 2.24) is 4.90 Å². The molecule has 2 nitrogen and oxygen atoms in total. The molecule has 0 aromatic carbocycles. The van der Waals surface area contributed by atoms with Crippen LogP contribution in [0.25, 0.3) is 0 Å². The van der Waals surface area contributed by atoms with E-state index >= 15 is 0 Å². The predicted octanol–water partition coefficient (Wildman–Crippen LogP) is 1.66. The molecular formula is C8H14N2. The number of nitrogens with zero attached hydrogens (tertiary/aromatic N) is 1. The van der Waals surface area contributed by atoms with Gasteiger partial charge < -0.3 is 10.3 Å². The molecule has 10 heavy (non-hydrogen) atoms. The lowest BCUT2D eigenvalue weighted by Crippen LogP contribution is -2.07. The highest BCUT2D eigenvalue weighted by atomic mass is 15.1. The monoisotopic (exact) mass is 138 g/mol. The molecule has 0 bridgehead atoms. The van der Waals surface area contributed by atoms with E-state index in [1.165, 1.54) is 0 Å². The van der Waals surface area contributed by atoms with Gasteiger partial charge >= 0.3 is 0 Å². The van der Waals surface area contributed by atoms with Crippen molar-refractivity contribution in [3.05, 3.63) is 24.4 Å². The summed E-state index contributed by atoms with van der Waals surface area (Å²) in [5.74, 6) is 0. The van der Waals surface area contributed by atoms with Crippen molar-refractivity contribution < 1.29 is 0 Å². The first-order chi connectivity index (χ1) is 4.54. The molecule has 0 radical (unpaired) electrons. The molecule has 0 saturated carbocycles. The molecular weight excluding hydrogens is 124 g/mol. The molecule has 0 aliphatic carbocycles. The minimum atomic E-state index is 0.544. The fraction of sp³-hybridized carbons (Fsp3) is 0.375. The molecule has 0 amide bonds. The minimum Gasteiger partial charge on any atom is -0.378 e. The Balaban J connectivity index is 3.90. The Hall–Kier alpha value is -1.05. The van der Waals surface area contributed by atoms with Crippen LogP contribution < -0.4 is 0 Å². The van der Waals surface area contributed by atoms with E-state index < -0.39 is 0 Å². The van der Waals surface area contributed by atoms with Gasteiger partial charge in [-0.15, -0.1) is 0 Å². The van der Waals surface area contributed by atoms with Crippen molar-refractivity contribution in [2.24, 2.45) is 0 Å². The first-order valence-corrected chi connectivity index (χ1v) is 3.13. The zero-order valence-corrected chi connectivity index (χ0v) is 6.81. The molecule has 0 atom stereocenters. The fourth-order valence-electron chi connectivity index (χ4n) is 0.370. The summed E-state index contributed by atoms with van der Waals surface area (Å²) < 4.78 is 0. The van der Waals surface area contributed by atoms with Crippen LogP contribution in [-0.4, -0.2) is 24.7 Å². The molecule has 0 heterocycles. The Bertz CT molecular complexity index is 166. The van der Waals surface area contributed by atoms with Crippen molar-refractivity contribution >= 4 is 5.71 Å². The van der Waals surface area contributed by atoms with E-state index in [1.807, 2.05) is 25.1 Å². The average molecular weight is 138 g/mol. The Labute approximate surface area is 62.4 Å². The molecule has 0 aliphatic heterocycles. The highest BCUT2D eigenvalue weighted by Gasteiger charge is 1.87. The van der Waals surface area contributed by atoms with E-state index in [0.717, 1.165) is 5.70 Å². The van der Waals surface area contributed by atoms with E-state index in [0.29, 0.717) is 5.71 Å². The van der Waals surface area contributed by atoms with Crippen LogP contribution in [-0.2, 0) is 0 Å². The van der Waals surface area contributed by atoms with Gasteiger partial charge in [-0.05, 0) is 19.1 Å². The van der Waals surface area contributed by atoms with E-state index in [9.17, 15) is 0 Å². The third-order valence-corrected chi connectivity index (χ3v) is 1.10. The minimum absolute atomic E-state index is 0.544. The van der Waals surface area contributed by atoms with E-state index in [2.05, 4.69) is 6.58 Å². The van der Waals surface area contributed by atoms with Crippen LogP contribution >= 0.6 is 0 Å². The molecule has 0 unspecified atom stereocenters. The summed E-state index contributed by atoms with van der Waals surface area (Å²) in [6, 6.07) is 0. The summed E-state index contributed by atoms with van der Waals surface area (Å²) in [4.78, 5) is 1.90. The summed E-state index contributed by atoms with van der Waals surface area (Å²) in [5, 5.41) is 7.08. The summed E-state index contributed by atoms with van der Waals surface area (Å²) in [5.41, 5.74) is 1.45. The number of hydrogen-bond donors (Lipinski definition) is 1. The summed E-state index contributed by atoms with van der Waals surface area (Å²) >= 11 is 0. The Kier molecular flexibility index (Phi) is 3.47. The van der Waals surface area contributed by atoms with Gasteiger partial charge in [0.1, 0.15) is 0 Å². The Morgan fingerprint density at radius 2 is 1.90 bits per heavy atom. The zero-order chi connectivity index (χ0) is 8.15. The van der Waals surface area contributed by atoms with E-state index in [4.69, 9.17) is 5.41 Å². The van der Waals surface area contributed by atoms with Gasteiger partial charge in [0.2, 0.25) is 0 Å². The summed E-state index contributed by atoms with van der Waals surface area (Å²) in [6.07, 6.45) is 3.55. The van der Waals surface area contributed by atoms with Gasteiger partial charge in [-0.2, -0.15) is 0 Å². The molecule has 2 heteroatoms. The Morgan fingerprint density at radius 3 is 2.20 bits per heavy atom. The van der Waals surface area contributed by atoms with Gasteiger partial charge in [0.05, 0.1) is 0 Å². The number of nitrogens with one attached hydrogen (secondary N) is 1. The predicted molar refractivity (Wildman–Crippen MR) is 45.4 cm³/mol. The van der Waals surface area contributed by atoms with Gasteiger partial charge in [-0.25, -0.2) is 0 Å². The van der Waals surface area contributed by atoms with E-state index in [1.54, 1.807) is 13.0 Å². The SMILES string of the molecule is C=C(/C=C\C(C)=N)N(C)C. The van der Waals surface area contributed by atoms with Gasteiger partial charge in [-0.3, -0.25) is 0 Å². The quantitative estimate of drug-likeness (QED) is 0.466. The summed E-state index contributed by atoms with van der Waals surface area (Å²) in [6.45, 7) is 5.50. The van der Waals surface area contributed by atoms with Crippen molar-refractivity contribution in [2.75, 3.05) is 14.1 Å². The van der Waals surface area contributed by atoms with Gasteiger partial charge in [0, 0.05) is 25.5 Å². The largest absolute Gasteiger partial charge is 0.378 e. The number of likely N-dealkylation sites (N-methyl/N-ethyl adjacent to an activating group) is 1. The topological polar surface area (TPSA) is 27.1 Å². The van der Waals surface area contributed by atoms with Crippen LogP contribution in [0, 0.1) is 5.41 Å². The maximum atomic E-state index is 7.08. The second-order valence-electron chi connectivity index (χ2n) is 2.40. The lowest BCUT2D eigenvalue weighted by Gasteiger charge is -2.10. The smallest absolute Gasteiger partial charge is 0.0288 e. The second kappa shape index (κ2) is 3.88. The average Bonchev–Trinajstić information content (AvgIpc) is 1.82. The van der Waals surface area contributed by atoms with Crippen LogP contribution in [0.4, 0.5) is 0 Å². The highest BCUT2D eigenvalue weighted by Crippen LogP contribution is 1.95. The van der Waals surface area contributed by atoms with Crippen LogP contribution in [0.3, 0.4) is 0 Å². The van der Waals surface area contributed by atoms with Gasteiger partial charge in [0.15, 0.2) is 0 Å². The molecule has 1 N–H and O–H groups in total. The highest BCUT2D eigenvalue weighted by molar-refractivity contribution is 5.90. The Morgan fingerprint density at radius 1 is 1.40 bits per heavy atom. The molecule has 0 aliphatic rings. The van der Waals surface area contributed by atoms with Crippen molar-refractivity contribution in [3.63, 3.8) is 0 Å². The molecule has 0 fully saturated rings. The van der Waals surface area contributed by atoms with E-state index in [-0.39, 0.29) is 0 Å². The maximum Gasteiger partial charge on any atom is 0.0288 e. The number of allylic oxidation sites excluding steroid dienone is 2. The zero-order valence-electron chi connectivity index (χ0n) is 6.81. The van der Waals surface area contributed by atoms with Gasteiger partial charge in [0.25, 0.3) is 0 Å². The number of hydrogen-bond acceptors (Lipinski definition) is 2.